The Bertz CT molecular complexity index is 262. The number of nitrogens with zero attached hydrogens (tertiary/aromatic N) is 1. The quantitative estimate of drug-likeness (QED) is 0.800. The van der Waals surface area contributed by atoms with Gasteiger partial charge in [-0.2, -0.15) is 0 Å². The molecule has 2 N–H and O–H groups in total. The fourth-order valence-corrected chi connectivity index (χ4v) is 4.33. The molecule has 2 rings (SSSR count). The summed E-state index contributed by atoms with van der Waals surface area (Å²) >= 11 is 0. The molecule has 1 saturated carbocycles. The molecule has 17 heavy (non-hydrogen) atoms. The van der Waals surface area contributed by atoms with E-state index in [1.54, 1.807) is 0 Å². The van der Waals surface area contributed by atoms with Crippen LogP contribution in [-0.4, -0.2) is 29.6 Å². The van der Waals surface area contributed by atoms with Gasteiger partial charge in [-0.3, -0.25) is 4.90 Å². The molecule has 2 heteroatoms. The summed E-state index contributed by atoms with van der Waals surface area (Å²) in [6.07, 6.45) is 9.53. The zero-order valence-corrected chi connectivity index (χ0v) is 12.0. The van der Waals surface area contributed by atoms with Crippen LogP contribution in [-0.2, 0) is 0 Å². The number of rotatable bonds is 2. The van der Waals surface area contributed by atoms with E-state index in [-0.39, 0.29) is 5.54 Å². The van der Waals surface area contributed by atoms with E-state index in [9.17, 15) is 0 Å². The van der Waals surface area contributed by atoms with E-state index in [0.717, 1.165) is 12.6 Å². The Kier molecular flexibility index (Phi) is 3.84. The van der Waals surface area contributed by atoms with Gasteiger partial charge in [0.2, 0.25) is 0 Å². The molecule has 0 radical (unpaired) electrons. The zero-order chi connectivity index (χ0) is 12.5. The van der Waals surface area contributed by atoms with Crippen molar-refractivity contribution < 1.29 is 0 Å². The molecule has 100 valence electrons. The van der Waals surface area contributed by atoms with Crippen molar-refractivity contribution >= 4 is 0 Å². The lowest BCUT2D eigenvalue weighted by Crippen LogP contribution is -2.62. The summed E-state index contributed by atoms with van der Waals surface area (Å²) in [5.74, 6) is 0. The molecule has 0 aromatic rings. The summed E-state index contributed by atoms with van der Waals surface area (Å²) in [6, 6.07) is 0.721. The van der Waals surface area contributed by atoms with Crippen LogP contribution in [0.25, 0.3) is 0 Å². The average Bonchev–Trinajstić information content (AvgIpc) is 2.46. The molecule has 0 aromatic carbocycles. The van der Waals surface area contributed by atoms with Crippen molar-refractivity contribution in [1.29, 1.82) is 0 Å². The summed E-state index contributed by atoms with van der Waals surface area (Å²) in [7, 11) is 0. The van der Waals surface area contributed by atoms with Gasteiger partial charge in [0.15, 0.2) is 0 Å². The molecular weight excluding hydrogens is 208 g/mol. The first-order valence-electron chi connectivity index (χ1n) is 7.50. The van der Waals surface area contributed by atoms with Gasteiger partial charge in [0, 0.05) is 18.1 Å². The fourth-order valence-electron chi connectivity index (χ4n) is 4.33. The van der Waals surface area contributed by atoms with Gasteiger partial charge in [-0.05, 0) is 44.6 Å². The Hall–Kier alpha value is -0.0800. The van der Waals surface area contributed by atoms with Crippen LogP contribution in [0.2, 0.25) is 0 Å². The van der Waals surface area contributed by atoms with E-state index >= 15 is 0 Å². The van der Waals surface area contributed by atoms with E-state index in [0.29, 0.717) is 5.41 Å². The first-order valence-corrected chi connectivity index (χ1v) is 7.50. The second-order valence-corrected chi connectivity index (χ2v) is 6.86. The van der Waals surface area contributed by atoms with Gasteiger partial charge < -0.3 is 5.73 Å². The molecule has 2 nitrogen and oxygen atoms in total. The van der Waals surface area contributed by atoms with Gasteiger partial charge in [-0.25, -0.2) is 0 Å². The van der Waals surface area contributed by atoms with Gasteiger partial charge in [0.25, 0.3) is 0 Å². The lowest BCUT2D eigenvalue weighted by Gasteiger charge is -2.51. The molecule has 0 aromatic heterocycles. The second-order valence-electron chi connectivity index (χ2n) is 6.86. The minimum absolute atomic E-state index is 0.275. The molecule has 0 bridgehead atoms. The van der Waals surface area contributed by atoms with E-state index in [2.05, 4.69) is 25.7 Å². The smallest absolute Gasteiger partial charge is 0.0385 e. The van der Waals surface area contributed by atoms with Crippen molar-refractivity contribution in [3.63, 3.8) is 0 Å². The largest absolute Gasteiger partial charge is 0.329 e. The Morgan fingerprint density at radius 2 is 1.88 bits per heavy atom. The van der Waals surface area contributed by atoms with E-state index in [4.69, 9.17) is 5.73 Å². The van der Waals surface area contributed by atoms with Crippen molar-refractivity contribution in [2.75, 3.05) is 13.1 Å². The van der Waals surface area contributed by atoms with Crippen molar-refractivity contribution in [2.24, 2.45) is 11.1 Å². The van der Waals surface area contributed by atoms with Crippen molar-refractivity contribution in [3.8, 4) is 0 Å². The highest BCUT2D eigenvalue weighted by Gasteiger charge is 2.52. The fraction of sp³-hybridized carbons (Fsp3) is 1.00. The molecule has 2 aliphatic rings. The molecule has 1 heterocycles. The van der Waals surface area contributed by atoms with Crippen LogP contribution in [0.5, 0.6) is 0 Å². The van der Waals surface area contributed by atoms with Crippen LogP contribution in [0.15, 0.2) is 0 Å². The molecular formula is C15H30N2. The highest BCUT2D eigenvalue weighted by atomic mass is 15.2. The van der Waals surface area contributed by atoms with Crippen LogP contribution >= 0.6 is 0 Å². The molecule has 2 atom stereocenters. The molecule has 2 unspecified atom stereocenters. The first-order chi connectivity index (χ1) is 8.03. The Labute approximate surface area is 107 Å². The zero-order valence-electron chi connectivity index (χ0n) is 12.0. The van der Waals surface area contributed by atoms with Crippen LogP contribution in [0.1, 0.15) is 65.7 Å². The Morgan fingerprint density at radius 1 is 1.12 bits per heavy atom. The maximum absolute atomic E-state index is 6.25. The van der Waals surface area contributed by atoms with Crippen molar-refractivity contribution in [3.05, 3.63) is 0 Å². The van der Waals surface area contributed by atoms with Crippen molar-refractivity contribution in [1.82, 2.24) is 4.90 Å². The normalized spacial score (nSPS) is 39.2. The Balaban J connectivity index is 2.27. The second kappa shape index (κ2) is 4.89. The topological polar surface area (TPSA) is 29.3 Å². The lowest BCUT2D eigenvalue weighted by molar-refractivity contribution is -0.0126. The minimum atomic E-state index is 0.275. The third-order valence-electron chi connectivity index (χ3n) is 5.59. The van der Waals surface area contributed by atoms with Crippen LogP contribution < -0.4 is 5.73 Å². The van der Waals surface area contributed by atoms with Gasteiger partial charge in [0.1, 0.15) is 0 Å². The molecule has 1 aliphatic carbocycles. The summed E-state index contributed by atoms with van der Waals surface area (Å²) in [5, 5.41) is 0. The minimum Gasteiger partial charge on any atom is -0.329 e. The predicted molar refractivity (Wildman–Crippen MR) is 74.1 cm³/mol. The van der Waals surface area contributed by atoms with E-state index in [1.807, 2.05) is 0 Å². The van der Waals surface area contributed by atoms with Gasteiger partial charge in [0.05, 0.1) is 0 Å². The van der Waals surface area contributed by atoms with E-state index < -0.39 is 0 Å². The van der Waals surface area contributed by atoms with E-state index in [1.165, 1.54) is 51.5 Å². The summed E-state index contributed by atoms with van der Waals surface area (Å²) in [6.45, 7) is 9.39. The molecule has 0 amide bonds. The summed E-state index contributed by atoms with van der Waals surface area (Å²) < 4.78 is 0. The standard InChI is InChI=1S/C15H30N2/c1-13-8-5-4-6-11-17(13)15(12-16)10-7-9-14(15,2)3/h13H,4-12,16H2,1-3H3. The first kappa shape index (κ1) is 13.4. The third-order valence-corrected chi connectivity index (χ3v) is 5.59. The van der Waals surface area contributed by atoms with Crippen molar-refractivity contribution in [2.45, 2.75) is 77.3 Å². The number of hydrogen-bond acceptors (Lipinski definition) is 2. The number of likely N-dealkylation sites (tertiary alicyclic amines) is 1. The van der Waals surface area contributed by atoms with Crippen LogP contribution in [0, 0.1) is 5.41 Å². The highest BCUT2D eigenvalue weighted by molar-refractivity contribution is 5.08. The van der Waals surface area contributed by atoms with Crippen LogP contribution in [0.4, 0.5) is 0 Å². The molecule has 1 saturated heterocycles. The number of hydrogen-bond donors (Lipinski definition) is 1. The highest BCUT2D eigenvalue weighted by Crippen LogP contribution is 2.50. The SMILES string of the molecule is CC1CCCCCN1C1(CN)CCCC1(C)C. The molecule has 1 aliphatic heterocycles. The van der Waals surface area contributed by atoms with Gasteiger partial charge >= 0.3 is 0 Å². The third kappa shape index (κ3) is 2.15. The number of nitrogens with two attached hydrogens (primary N) is 1. The summed E-state index contributed by atoms with van der Waals surface area (Å²) in [5.41, 5.74) is 6.91. The maximum atomic E-state index is 6.25. The lowest BCUT2D eigenvalue weighted by atomic mass is 9.73. The molecule has 0 spiro atoms. The summed E-state index contributed by atoms with van der Waals surface area (Å²) in [4.78, 5) is 2.78. The maximum Gasteiger partial charge on any atom is 0.0385 e. The predicted octanol–water partition coefficient (Wildman–Crippen LogP) is 3.16. The Morgan fingerprint density at radius 3 is 2.47 bits per heavy atom. The average molecular weight is 238 g/mol. The van der Waals surface area contributed by atoms with Crippen LogP contribution in [0.3, 0.4) is 0 Å². The molecule has 2 fully saturated rings. The monoisotopic (exact) mass is 238 g/mol. The van der Waals surface area contributed by atoms with Gasteiger partial charge in [-0.1, -0.05) is 33.1 Å². The van der Waals surface area contributed by atoms with Gasteiger partial charge in [-0.15, -0.1) is 0 Å².